The summed E-state index contributed by atoms with van der Waals surface area (Å²) >= 11 is 0. The maximum atomic E-state index is 2.42. The highest BCUT2D eigenvalue weighted by atomic mass is 14.9. The van der Waals surface area contributed by atoms with E-state index in [2.05, 4.69) is 90.5 Å². The van der Waals surface area contributed by atoms with Crippen LogP contribution in [0.1, 0.15) is 49.9 Å². The van der Waals surface area contributed by atoms with Gasteiger partial charge in [-0.3, -0.25) is 0 Å². The second-order valence-corrected chi connectivity index (χ2v) is 8.11. The maximum Gasteiger partial charge on any atom is 0.212 e. The lowest BCUT2D eigenvalue weighted by Crippen LogP contribution is -2.30. The van der Waals surface area contributed by atoms with E-state index in [0.29, 0.717) is 11.3 Å². The topological polar surface area (TPSA) is 3.88 Å². The van der Waals surface area contributed by atoms with E-state index in [9.17, 15) is 0 Å². The van der Waals surface area contributed by atoms with Gasteiger partial charge in [-0.1, -0.05) is 33.8 Å². The van der Waals surface area contributed by atoms with Gasteiger partial charge in [-0.15, -0.1) is 0 Å². The van der Waals surface area contributed by atoms with Crippen molar-refractivity contribution < 1.29 is 4.57 Å². The second kappa shape index (κ2) is 6.47. The van der Waals surface area contributed by atoms with E-state index in [0.717, 1.165) is 6.42 Å². The van der Waals surface area contributed by atoms with E-state index in [4.69, 9.17) is 0 Å². The zero-order valence-electron chi connectivity index (χ0n) is 16.1. The third-order valence-electron chi connectivity index (χ3n) is 5.47. The molecule has 1 heteroatoms. The molecule has 0 N–H and O–H groups in total. The van der Waals surface area contributed by atoms with Gasteiger partial charge in [0, 0.05) is 17.7 Å². The van der Waals surface area contributed by atoms with Crippen molar-refractivity contribution in [1.29, 1.82) is 0 Å². The van der Waals surface area contributed by atoms with Crippen LogP contribution in [0.15, 0.2) is 30.5 Å². The summed E-state index contributed by atoms with van der Waals surface area (Å²) in [6, 6.07) is 9.22. The summed E-state index contributed by atoms with van der Waals surface area (Å²) in [7, 11) is 2.13. The normalized spacial score (nSPS) is 12.0. The molecule has 0 saturated carbocycles. The Morgan fingerprint density at radius 2 is 1.65 bits per heavy atom. The molecule has 0 amide bonds. The SMILES string of the molecule is Cc1cc[n+](C)c(-c2cc(CC(C)(C)C(C)C)c(C)cc2C)c1. The maximum absolute atomic E-state index is 2.42. The van der Waals surface area contributed by atoms with Crippen molar-refractivity contribution in [1.82, 2.24) is 0 Å². The van der Waals surface area contributed by atoms with Crippen LogP contribution in [0.3, 0.4) is 0 Å². The fourth-order valence-corrected chi connectivity index (χ4v) is 3.00. The molecule has 0 spiro atoms. The summed E-state index contributed by atoms with van der Waals surface area (Å²) in [5.41, 5.74) is 8.52. The molecule has 0 saturated heterocycles. The first-order chi connectivity index (χ1) is 10.6. The van der Waals surface area contributed by atoms with Gasteiger partial charge in [0.2, 0.25) is 5.69 Å². The molecule has 0 aliphatic carbocycles. The van der Waals surface area contributed by atoms with Crippen LogP contribution < -0.4 is 4.57 Å². The third-order valence-corrected chi connectivity index (χ3v) is 5.47. The van der Waals surface area contributed by atoms with Gasteiger partial charge in [-0.05, 0) is 66.8 Å². The first kappa shape index (κ1) is 17.7. The van der Waals surface area contributed by atoms with Gasteiger partial charge in [0.15, 0.2) is 6.20 Å². The van der Waals surface area contributed by atoms with Gasteiger partial charge in [-0.2, -0.15) is 0 Å². The van der Waals surface area contributed by atoms with Gasteiger partial charge < -0.3 is 0 Å². The molecule has 0 bridgehead atoms. The van der Waals surface area contributed by atoms with E-state index in [1.54, 1.807) is 0 Å². The van der Waals surface area contributed by atoms with Crippen molar-refractivity contribution in [3.05, 3.63) is 52.7 Å². The molecule has 1 aromatic heterocycles. The fourth-order valence-electron chi connectivity index (χ4n) is 3.00. The Morgan fingerprint density at radius 3 is 2.26 bits per heavy atom. The highest BCUT2D eigenvalue weighted by Gasteiger charge is 2.24. The molecule has 0 radical (unpaired) electrons. The molecule has 1 nitrogen and oxygen atoms in total. The molecule has 23 heavy (non-hydrogen) atoms. The van der Waals surface area contributed by atoms with Crippen LogP contribution in [-0.2, 0) is 13.5 Å². The monoisotopic (exact) mass is 310 g/mol. The minimum absolute atomic E-state index is 0.312. The van der Waals surface area contributed by atoms with E-state index < -0.39 is 0 Å². The Labute approximate surface area is 142 Å². The second-order valence-electron chi connectivity index (χ2n) is 8.11. The van der Waals surface area contributed by atoms with Gasteiger partial charge in [0.25, 0.3) is 0 Å². The van der Waals surface area contributed by atoms with Crippen molar-refractivity contribution in [3.63, 3.8) is 0 Å². The first-order valence-corrected chi connectivity index (χ1v) is 8.68. The van der Waals surface area contributed by atoms with Crippen LogP contribution in [0, 0.1) is 32.1 Å². The number of hydrogen-bond donors (Lipinski definition) is 0. The van der Waals surface area contributed by atoms with Crippen molar-refractivity contribution in [2.75, 3.05) is 0 Å². The molecule has 124 valence electrons. The number of pyridine rings is 1. The van der Waals surface area contributed by atoms with Crippen molar-refractivity contribution in [2.45, 2.75) is 54.9 Å². The Hall–Kier alpha value is -1.63. The van der Waals surface area contributed by atoms with Crippen molar-refractivity contribution in [3.8, 4) is 11.3 Å². The molecule has 1 heterocycles. The average Bonchev–Trinajstić information content (AvgIpc) is 2.44. The zero-order valence-corrected chi connectivity index (χ0v) is 16.1. The van der Waals surface area contributed by atoms with Crippen LogP contribution in [0.25, 0.3) is 11.3 Å². The molecular weight excluding hydrogens is 278 g/mol. The molecular formula is C22H32N+. The lowest BCUT2D eigenvalue weighted by Gasteiger charge is -2.30. The number of rotatable bonds is 4. The van der Waals surface area contributed by atoms with Crippen LogP contribution in [0.2, 0.25) is 0 Å². The summed E-state index contributed by atoms with van der Waals surface area (Å²) in [5, 5.41) is 0. The van der Waals surface area contributed by atoms with Crippen LogP contribution in [-0.4, -0.2) is 0 Å². The summed E-state index contributed by atoms with van der Waals surface area (Å²) in [6.07, 6.45) is 3.28. The smallest absolute Gasteiger partial charge is 0.201 e. The van der Waals surface area contributed by atoms with E-state index in [-0.39, 0.29) is 0 Å². The Bertz CT molecular complexity index is 708. The molecule has 0 unspecified atom stereocenters. The fraction of sp³-hybridized carbons (Fsp3) is 0.500. The minimum atomic E-state index is 0.312. The highest BCUT2D eigenvalue weighted by molar-refractivity contribution is 5.63. The van der Waals surface area contributed by atoms with Gasteiger partial charge in [-0.25, -0.2) is 4.57 Å². The third kappa shape index (κ3) is 3.83. The number of aromatic nitrogens is 1. The van der Waals surface area contributed by atoms with E-state index in [1.807, 2.05) is 0 Å². The summed E-state index contributed by atoms with van der Waals surface area (Å²) in [4.78, 5) is 0. The summed E-state index contributed by atoms with van der Waals surface area (Å²) in [6.45, 7) is 16.0. The summed E-state index contributed by atoms with van der Waals surface area (Å²) in [5.74, 6) is 0.668. The van der Waals surface area contributed by atoms with Gasteiger partial charge in [0.05, 0.1) is 0 Å². The van der Waals surface area contributed by atoms with E-state index >= 15 is 0 Å². The Balaban J connectivity index is 2.54. The first-order valence-electron chi connectivity index (χ1n) is 8.68. The minimum Gasteiger partial charge on any atom is -0.201 e. The quantitative estimate of drug-likeness (QED) is 0.672. The predicted octanol–water partition coefficient (Wildman–Crippen LogP) is 5.33. The van der Waals surface area contributed by atoms with Crippen LogP contribution >= 0.6 is 0 Å². The van der Waals surface area contributed by atoms with Crippen LogP contribution in [0.4, 0.5) is 0 Å². The molecule has 1 aromatic carbocycles. The van der Waals surface area contributed by atoms with Crippen molar-refractivity contribution >= 4 is 0 Å². The molecule has 2 rings (SSSR count). The summed E-state index contributed by atoms with van der Waals surface area (Å²) < 4.78 is 2.22. The van der Waals surface area contributed by atoms with Gasteiger partial charge in [0.1, 0.15) is 7.05 Å². The number of aryl methyl sites for hydroxylation is 4. The Morgan fingerprint density at radius 1 is 1.00 bits per heavy atom. The number of hydrogen-bond acceptors (Lipinski definition) is 0. The molecule has 0 aliphatic heterocycles. The zero-order chi connectivity index (χ0) is 17.4. The highest BCUT2D eigenvalue weighted by Crippen LogP contribution is 2.34. The molecule has 0 fully saturated rings. The average molecular weight is 311 g/mol. The Kier molecular flexibility index (Phi) is 4.98. The lowest BCUT2D eigenvalue weighted by atomic mass is 9.75. The molecule has 0 atom stereocenters. The standard InChI is InChI=1S/C22H32N/c1-15(2)22(6,7)14-19-13-20(18(5)12-17(19)4)21-11-16(3)9-10-23(21)8/h9-13,15H,14H2,1-8H3/q+1. The number of nitrogens with zero attached hydrogens (tertiary/aromatic N) is 1. The lowest BCUT2D eigenvalue weighted by molar-refractivity contribution is -0.660. The molecule has 2 aromatic rings. The molecule has 0 aliphatic rings. The van der Waals surface area contributed by atoms with Gasteiger partial charge >= 0.3 is 0 Å². The number of benzene rings is 1. The largest absolute Gasteiger partial charge is 0.212 e. The van der Waals surface area contributed by atoms with Crippen molar-refractivity contribution in [2.24, 2.45) is 18.4 Å². The van der Waals surface area contributed by atoms with Crippen LogP contribution in [0.5, 0.6) is 0 Å². The van der Waals surface area contributed by atoms with E-state index in [1.165, 1.54) is 33.5 Å². The predicted molar refractivity (Wildman–Crippen MR) is 99.6 cm³/mol.